The van der Waals surface area contributed by atoms with Crippen LogP contribution in [-0.4, -0.2) is 16.0 Å². The van der Waals surface area contributed by atoms with Crippen LogP contribution in [0.2, 0.25) is 0 Å². The second-order valence-electron chi connectivity index (χ2n) is 5.75. The lowest BCUT2D eigenvalue weighted by Gasteiger charge is -2.29. The molecule has 3 nitrogen and oxygen atoms in total. The molecular weight excluding hydrogens is 254 g/mol. The number of rotatable bonds is 3. The van der Waals surface area contributed by atoms with Gasteiger partial charge in [-0.1, -0.05) is 32.0 Å². The van der Waals surface area contributed by atoms with E-state index in [1.165, 1.54) is 25.7 Å². The molecule has 1 saturated carbocycles. The van der Waals surface area contributed by atoms with Gasteiger partial charge >= 0.3 is 0 Å². The molecule has 0 aliphatic heterocycles. The van der Waals surface area contributed by atoms with Crippen molar-refractivity contribution in [1.82, 2.24) is 4.98 Å². The van der Waals surface area contributed by atoms with Gasteiger partial charge in [0.2, 0.25) is 0 Å². The third-order valence-corrected chi connectivity index (χ3v) is 4.07. The van der Waals surface area contributed by atoms with Crippen molar-refractivity contribution in [1.29, 1.82) is 0 Å². The summed E-state index contributed by atoms with van der Waals surface area (Å²) >= 11 is 5.17. The van der Waals surface area contributed by atoms with Crippen molar-refractivity contribution in [2.75, 3.05) is 5.32 Å². The highest BCUT2D eigenvalue weighted by Crippen LogP contribution is 2.28. The molecule has 1 aromatic rings. The van der Waals surface area contributed by atoms with Crippen LogP contribution < -0.4 is 11.1 Å². The summed E-state index contributed by atoms with van der Waals surface area (Å²) in [5.74, 6) is 0.795. The Kier molecular flexibility index (Phi) is 4.40. The molecule has 2 rings (SSSR count). The van der Waals surface area contributed by atoms with Crippen molar-refractivity contribution in [3.8, 4) is 0 Å². The van der Waals surface area contributed by atoms with Crippen LogP contribution in [0.15, 0.2) is 6.07 Å². The molecule has 4 heteroatoms. The minimum Gasteiger partial charge on any atom is -0.389 e. The zero-order valence-corrected chi connectivity index (χ0v) is 12.8. The average Bonchev–Trinajstić information content (AvgIpc) is 2.26. The molecular formula is C15H23N3S. The monoisotopic (exact) mass is 277 g/mol. The van der Waals surface area contributed by atoms with Gasteiger partial charge in [-0.25, -0.2) is 0 Å². The topological polar surface area (TPSA) is 50.9 Å². The van der Waals surface area contributed by atoms with Gasteiger partial charge in [-0.3, -0.25) is 4.98 Å². The molecule has 0 saturated heterocycles. The third kappa shape index (κ3) is 3.44. The van der Waals surface area contributed by atoms with Crippen molar-refractivity contribution in [2.24, 2.45) is 11.7 Å². The fraction of sp³-hybridized carbons (Fsp3) is 0.600. The van der Waals surface area contributed by atoms with Gasteiger partial charge in [0.05, 0.1) is 5.56 Å². The Morgan fingerprint density at radius 1 is 1.42 bits per heavy atom. The first kappa shape index (κ1) is 14.3. The van der Waals surface area contributed by atoms with E-state index in [9.17, 15) is 0 Å². The molecule has 2 unspecified atom stereocenters. The smallest absolute Gasteiger partial charge is 0.107 e. The van der Waals surface area contributed by atoms with Gasteiger partial charge in [-0.2, -0.15) is 0 Å². The van der Waals surface area contributed by atoms with Gasteiger partial charge in [0.25, 0.3) is 0 Å². The van der Waals surface area contributed by atoms with E-state index < -0.39 is 0 Å². The maximum Gasteiger partial charge on any atom is 0.107 e. The SMILES string of the molecule is Cc1cc(NC2CCCC(C)C2)c(C(N)=S)c(C)n1. The number of nitrogens with one attached hydrogen (secondary N) is 1. The summed E-state index contributed by atoms with van der Waals surface area (Å²) in [6.45, 7) is 6.30. The van der Waals surface area contributed by atoms with E-state index >= 15 is 0 Å². The highest BCUT2D eigenvalue weighted by atomic mass is 32.1. The van der Waals surface area contributed by atoms with Crippen LogP contribution in [0.25, 0.3) is 0 Å². The number of nitrogens with zero attached hydrogens (tertiary/aromatic N) is 1. The molecule has 0 radical (unpaired) electrons. The van der Waals surface area contributed by atoms with E-state index in [2.05, 4.69) is 23.3 Å². The van der Waals surface area contributed by atoms with E-state index in [4.69, 9.17) is 18.0 Å². The predicted octanol–water partition coefficient (Wildman–Crippen LogP) is 3.32. The maximum absolute atomic E-state index is 5.85. The second-order valence-corrected chi connectivity index (χ2v) is 6.19. The molecule has 2 atom stereocenters. The Balaban J connectivity index is 2.25. The summed E-state index contributed by atoms with van der Waals surface area (Å²) in [5.41, 5.74) is 9.72. The lowest BCUT2D eigenvalue weighted by molar-refractivity contribution is 0.358. The molecule has 0 bridgehead atoms. The molecule has 3 N–H and O–H groups in total. The molecule has 1 fully saturated rings. The molecule has 1 heterocycles. The molecule has 104 valence electrons. The highest BCUT2D eigenvalue weighted by Gasteiger charge is 2.20. The Morgan fingerprint density at radius 2 is 2.16 bits per heavy atom. The van der Waals surface area contributed by atoms with Crippen molar-refractivity contribution < 1.29 is 0 Å². The summed E-state index contributed by atoms with van der Waals surface area (Å²) in [5, 5.41) is 3.64. The van der Waals surface area contributed by atoms with Gasteiger partial charge < -0.3 is 11.1 Å². The first-order valence-electron chi connectivity index (χ1n) is 7.02. The number of nitrogens with two attached hydrogens (primary N) is 1. The van der Waals surface area contributed by atoms with Crippen LogP contribution in [0.1, 0.15) is 49.6 Å². The maximum atomic E-state index is 5.85. The number of hydrogen-bond donors (Lipinski definition) is 2. The molecule has 1 aliphatic carbocycles. The van der Waals surface area contributed by atoms with Gasteiger partial charge in [-0.05, 0) is 38.7 Å². The second kappa shape index (κ2) is 5.87. The fourth-order valence-electron chi connectivity index (χ4n) is 3.04. The Labute approximate surface area is 121 Å². The number of anilines is 1. The van der Waals surface area contributed by atoms with Crippen LogP contribution >= 0.6 is 12.2 Å². The van der Waals surface area contributed by atoms with Gasteiger partial charge in [-0.15, -0.1) is 0 Å². The first-order chi connectivity index (χ1) is 8.97. The Hall–Kier alpha value is -1.16. The zero-order chi connectivity index (χ0) is 14.0. The van der Waals surface area contributed by atoms with E-state index in [-0.39, 0.29) is 0 Å². The molecule has 1 aromatic heterocycles. The normalized spacial score (nSPS) is 23.1. The van der Waals surface area contributed by atoms with Gasteiger partial charge in [0, 0.05) is 23.1 Å². The lowest BCUT2D eigenvalue weighted by Crippen LogP contribution is -2.28. The first-order valence-corrected chi connectivity index (χ1v) is 7.42. The average molecular weight is 277 g/mol. The highest BCUT2D eigenvalue weighted by molar-refractivity contribution is 7.80. The number of pyridine rings is 1. The van der Waals surface area contributed by atoms with Gasteiger partial charge in [0.1, 0.15) is 4.99 Å². The summed E-state index contributed by atoms with van der Waals surface area (Å²) in [6, 6.07) is 2.58. The fourth-order valence-corrected chi connectivity index (χ4v) is 3.30. The standard InChI is InChI=1S/C15H23N3S/c1-9-5-4-6-12(7-9)18-13-8-10(2)17-11(3)14(13)15(16)19/h8-9,12H,4-7H2,1-3H3,(H2,16,19)(H,17,18). The summed E-state index contributed by atoms with van der Waals surface area (Å²) in [7, 11) is 0. The van der Waals surface area contributed by atoms with Gasteiger partial charge in [0.15, 0.2) is 0 Å². The van der Waals surface area contributed by atoms with Crippen LogP contribution in [-0.2, 0) is 0 Å². The van der Waals surface area contributed by atoms with E-state index in [1.807, 2.05) is 13.8 Å². The molecule has 0 amide bonds. The number of thiocarbonyl (C=S) groups is 1. The van der Waals surface area contributed by atoms with Crippen molar-refractivity contribution in [2.45, 2.75) is 52.5 Å². The third-order valence-electron chi connectivity index (χ3n) is 3.87. The van der Waals surface area contributed by atoms with Crippen LogP contribution in [0.3, 0.4) is 0 Å². The minimum atomic E-state index is 0.427. The number of aromatic nitrogens is 1. The number of aryl methyl sites for hydroxylation is 2. The van der Waals surface area contributed by atoms with E-state index in [0.717, 1.165) is 28.6 Å². The van der Waals surface area contributed by atoms with Crippen LogP contribution in [0.5, 0.6) is 0 Å². The molecule has 19 heavy (non-hydrogen) atoms. The molecule has 1 aliphatic rings. The zero-order valence-electron chi connectivity index (χ0n) is 12.0. The van der Waals surface area contributed by atoms with E-state index in [1.54, 1.807) is 0 Å². The summed E-state index contributed by atoms with van der Waals surface area (Å²) in [6.07, 6.45) is 5.08. The van der Waals surface area contributed by atoms with Crippen LogP contribution in [0, 0.1) is 19.8 Å². The lowest BCUT2D eigenvalue weighted by atomic mass is 9.87. The van der Waals surface area contributed by atoms with Crippen molar-refractivity contribution in [3.05, 3.63) is 23.0 Å². The Bertz CT molecular complexity index is 485. The largest absolute Gasteiger partial charge is 0.389 e. The summed E-state index contributed by atoms with van der Waals surface area (Å²) in [4.78, 5) is 4.88. The van der Waals surface area contributed by atoms with E-state index in [0.29, 0.717) is 11.0 Å². The van der Waals surface area contributed by atoms with Crippen molar-refractivity contribution in [3.63, 3.8) is 0 Å². The Morgan fingerprint density at radius 3 is 2.79 bits per heavy atom. The predicted molar refractivity (Wildman–Crippen MR) is 84.6 cm³/mol. The quantitative estimate of drug-likeness (QED) is 0.832. The molecule has 0 aromatic carbocycles. The summed E-state index contributed by atoms with van der Waals surface area (Å²) < 4.78 is 0. The minimum absolute atomic E-state index is 0.427. The number of hydrogen-bond acceptors (Lipinski definition) is 3. The van der Waals surface area contributed by atoms with Crippen LogP contribution in [0.4, 0.5) is 5.69 Å². The molecule has 0 spiro atoms. The van der Waals surface area contributed by atoms with Crippen molar-refractivity contribution >= 4 is 22.9 Å².